The molecule has 3 rings (SSSR count). The Kier molecular flexibility index (Phi) is 8.26. The number of anilines is 1. The molecule has 1 saturated heterocycles. The van der Waals surface area contributed by atoms with E-state index in [4.69, 9.17) is 0 Å². The summed E-state index contributed by atoms with van der Waals surface area (Å²) in [5, 5.41) is 2.82. The maximum absolute atomic E-state index is 13.2. The Morgan fingerprint density at radius 3 is 2.21 bits per heavy atom. The largest absolute Gasteiger partial charge is 0.339 e. The standard InChI is InChI=1S/C25H33N3O4S/c1-4-27(5-2)25(30)21-12-8-9-13-23(21)26-24(29)22-18-20(15-14-19(22)3)33(31,32)28-16-10-6-7-11-17-28/h8-9,12-15,18H,4-7,10-11,16-17H2,1-3H3,(H,26,29). The number of para-hydroxylation sites is 1. The molecule has 1 aliphatic rings. The van der Waals surface area contributed by atoms with Crippen LogP contribution >= 0.6 is 0 Å². The Bertz CT molecular complexity index is 1100. The molecule has 1 fully saturated rings. The molecule has 8 heteroatoms. The van der Waals surface area contributed by atoms with Crippen LogP contribution in [0.25, 0.3) is 0 Å². The molecule has 178 valence electrons. The topological polar surface area (TPSA) is 86.8 Å². The van der Waals surface area contributed by atoms with Crippen molar-refractivity contribution in [2.24, 2.45) is 0 Å². The van der Waals surface area contributed by atoms with Crippen molar-refractivity contribution in [1.82, 2.24) is 9.21 Å². The van der Waals surface area contributed by atoms with Crippen LogP contribution in [0.3, 0.4) is 0 Å². The SMILES string of the molecule is CCN(CC)C(=O)c1ccccc1NC(=O)c1cc(S(=O)(=O)N2CCCCCC2)ccc1C. The van der Waals surface area contributed by atoms with E-state index in [1.54, 1.807) is 48.2 Å². The third kappa shape index (κ3) is 5.62. The maximum Gasteiger partial charge on any atom is 0.255 e. The molecule has 33 heavy (non-hydrogen) atoms. The first-order valence-electron chi connectivity index (χ1n) is 11.6. The quantitative estimate of drug-likeness (QED) is 0.652. The first kappa shape index (κ1) is 24.9. The van der Waals surface area contributed by atoms with E-state index in [0.717, 1.165) is 25.7 Å². The fourth-order valence-electron chi connectivity index (χ4n) is 4.09. The van der Waals surface area contributed by atoms with Gasteiger partial charge < -0.3 is 10.2 Å². The van der Waals surface area contributed by atoms with E-state index in [9.17, 15) is 18.0 Å². The van der Waals surface area contributed by atoms with Crippen molar-refractivity contribution in [3.8, 4) is 0 Å². The number of hydrogen-bond donors (Lipinski definition) is 1. The number of nitrogens with zero attached hydrogens (tertiary/aromatic N) is 2. The van der Waals surface area contributed by atoms with Crippen LogP contribution in [-0.2, 0) is 10.0 Å². The van der Waals surface area contributed by atoms with Gasteiger partial charge in [-0.05, 0) is 63.4 Å². The van der Waals surface area contributed by atoms with Gasteiger partial charge in [-0.1, -0.05) is 31.0 Å². The maximum atomic E-state index is 13.2. The summed E-state index contributed by atoms with van der Waals surface area (Å²) in [4.78, 5) is 27.9. The van der Waals surface area contributed by atoms with Crippen molar-refractivity contribution in [3.05, 3.63) is 59.2 Å². The molecule has 1 N–H and O–H groups in total. The summed E-state index contributed by atoms with van der Waals surface area (Å²) in [6.07, 6.45) is 3.74. The number of sulfonamides is 1. The van der Waals surface area contributed by atoms with Gasteiger partial charge in [0.1, 0.15) is 0 Å². The molecule has 0 spiro atoms. The van der Waals surface area contributed by atoms with E-state index in [2.05, 4.69) is 5.32 Å². The Morgan fingerprint density at radius 1 is 0.939 bits per heavy atom. The van der Waals surface area contributed by atoms with Crippen LogP contribution in [0.5, 0.6) is 0 Å². The number of hydrogen-bond acceptors (Lipinski definition) is 4. The normalized spacial score (nSPS) is 15.0. The number of amides is 2. The van der Waals surface area contributed by atoms with Crippen LogP contribution in [0.1, 0.15) is 65.8 Å². The number of aryl methyl sites for hydroxylation is 1. The molecular weight excluding hydrogens is 438 g/mol. The minimum atomic E-state index is -3.68. The molecule has 0 unspecified atom stereocenters. The molecule has 0 aliphatic carbocycles. The van der Waals surface area contributed by atoms with Crippen LogP contribution in [0.2, 0.25) is 0 Å². The van der Waals surface area contributed by atoms with Crippen molar-refractivity contribution in [1.29, 1.82) is 0 Å². The summed E-state index contributed by atoms with van der Waals surface area (Å²) in [6, 6.07) is 11.5. The molecule has 1 aliphatic heterocycles. The molecule has 0 bridgehead atoms. The molecule has 0 aromatic heterocycles. The van der Waals surface area contributed by atoms with Gasteiger partial charge >= 0.3 is 0 Å². The van der Waals surface area contributed by atoms with Crippen molar-refractivity contribution in [3.63, 3.8) is 0 Å². The zero-order chi connectivity index (χ0) is 24.0. The van der Waals surface area contributed by atoms with Crippen LogP contribution < -0.4 is 5.32 Å². The fraction of sp³-hybridized carbons (Fsp3) is 0.440. The van der Waals surface area contributed by atoms with Crippen LogP contribution in [0.4, 0.5) is 5.69 Å². The lowest BCUT2D eigenvalue weighted by Gasteiger charge is -2.21. The van der Waals surface area contributed by atoms with Crippen LogP contribution in [-0.4, -0.2) is 55.6 Å². The summed E-state index contributed by atoms with van der Waals surface area (Å²) >= 11 is 0. The molecule has 2 aromatic carbocycles. The monoisotopic (exact) mass is 471 g/mol. The van der Waals surface area contributed by atoms with E-state index in [-0.39, 0.29) is 16.4 Å². The summed E-state index contributed by atoms with van der Waals surface area (Å²) in [7, 11) is -3.68. The minimum Gasteiger partial charge on any atom is -0.339 e. The van der Waals surface area contributed by atoms with Crippen molar-refractivity contribution in [2.75, 3.05) is 31.5 Å². The van der Waals surface area contributed by atoms with Crippen molar-refractivity contribution >= 4 is 27.5 Å². The molecule has 2 aromatic rings. The van der Waals surface area contributed by atoms with Gasteiger partial charge in [-0.3, -0.25) is 9.59 Å². The van der Waals surface area contributed by atoms with E-state index < -0.39 is 15.9 Å². The highest BCUT2D eigenvalue weighted by Crippen LogP contribution is 2.24. The lowest BCUT2D eigenvalue weighted by molar-refractivity contribution is 0.0774. The van der Waals surface area contributed by atoms with Gasteiger partial charge in [-0.15, -0.1) is 0 Å². The summed E-state index contributed by atoms with van der Waals surface area (Å²) < 4.78 is 27.9. The third-order valence-corrected chi connectivity index (χ3v) is 8.01. The highest BCUT2D eigenvalue weighted by atomic mass is 32.2. The van der Waals surface area contributed by atoms with Crippen LogP contribution in [0, 0.1) is 6.92 Å². The van der Waals surface area contributed by atoms with E-state index in [0.29, 0.717) is 43.0 Å². The first-order valence-corrected chi connectivity index (χ1v) is 13.0. The first-order chi connectivity index (χ1) is 15.8. The molecule has 7 nitrogen and oxygen atoms in total. The molecule has 0 saturated carbocycles. The van der Waals surface area contributed by atoms with Crippen LogP contribution in [0.15, 0.2) is 47.4 Å². The van der Waals surface area contributed by atoms with Gasteiger partial charge in [-0.25, -0.2) is 8.42 Å². The summed E-state index contributed by atoms with van der Waals surface area (Å²) in [5.41, 5.74) is 1.74. The summed E-state index contributed by atoms with van der Waals surface area (Å²) in [5.74, 6) is -0.606. The smallest absolute Gasteiger partial charge is 0.255 e. The van der Waals surface area contributed by atoms with Crippen molar-refractivity contribution < 1.29 is 18.0 Å². The van der Waals surface area contributed by atoms with Gasteiger partial charge in [-0.2, -0.15) is 4.31 Å². The van der Waals surface area contributed by atoms with Crippen molar-refractivity contribution in [2.45, 2.75) is 51.3 Å². The fourth-order valence-corrected chi connectivity index (χ4v) is 5.63. The average molecular weight is 472 g/mol. The second-order valence-electron chi connectivity index (χ2n) is 8.27. The highest BCUT2D eigenvalue weighted by molar-refractivity contribution is 7.89. The Hall–Kier alpha value is -2.71. The van der Waals surface area contributed by atoms with E-state index in [1.807, 2.05) is 13.8 Å². The number of rotatable bonds is 7. The Labute approximate surface area is 196 Å². The Morgan fingerprint density at radius 2 is 1.58 bits per heavy atom. The van der Waals surface area contributed by atoms with E-state index in [1.165, 1.54) is 10.4 Å². The lowest BCUT2D eigenvalue weighted by atomic mass is 10.1. The van der Waals surface area contributed by atoms with Gasteiger partial charge in [0, 0.05) is 31.7 Å². The Balaban J connectivity index is 1.90. The highest BCUT2D eigenvalue weighted by Gasteiger charge is 2.27. The number of nitrogens with one attached hydrogen (secondary N) is 1. The lowest BCUT2D eigenvalue weighted by Crippen LogP contribution is -2.32. The zero-order valence-corrected chi connectivity index (χ0v) is 20.5. The molecule has 0 radical (unpaired) electrons. The van der Waals surface area contributed by atoms with Gasteiger partial charge in [0.25, 0.3) is 11.8 Å². The predicted molar refractivity (Wildman–Crippen MR) is 130 cm³/mol. The molecule has 1 heterocycles. The number of carbonyl (C=O) groups excluding carboxylic acids is 2. The van der Waals surface area contributed by atoms with Gasteiger partial charge in [0.05, 0.1) is 16.1 Å². The molecular formula is C25H33N3O4S. The molecule has 2 amide bonds. The van der Waals surface area contributed by atoms with Gasteiger partial charge in [0.2, 0.25) is 10.0 Å². The van der Waals surface area contributed by atoms with Gasteiger partial charge in [0.15, 0.2) is 0 Å². The predicted octanol–water partition coefficient (Wildman–Crippen LogP) is 4.29. The zero-order valence-electron chi connectivity index (χ0n) is 19.6. The average Bonchev–Trinajstić information content (AvgIpc) is 3.10. The number of carbonyl (C=O) groups is 2. The molecule has 0 atom stereocenters. The summed E-state index contributed by atoms with van der Waals surface area (Å²) in [6.45, 7) is 7.70. The van der Waals surface area contributed by atoms with E-state index >= 15 is 0 Å². The third-order valence-electron chi connectivity index (χ3n) is 6.11. The minimum absolute atomic E-state index is 0.118. The second kappa shape index (κ2) is 10.9. The second-order valence-corrected chi connectivity index (χ2v) is 10.2. The number of benzene rings is 2.